The van der Waals surface area contributed by atoms with Crippen molar-refractivity contribution in [3.63, 3.8) is 0 Å². The van der Waals surface area contributed by atoms with Gasteiger partial charge in [0.05, 0.1) is 18.3 Å². The van der Waals surface area contributed by atoms with Crippen molar-refractivity contribution < 1.29 is 24.3 Å². The topological polar surface area (TPSA) is 148 Å². The lowest BCUT2D eigenvalue weighted by Crippen LogP contribution is -2.56. The number of aliphatic carboxylic acids is 1. The summed E-state index contributed by atoms with van der Waals surface area (Å²) in [5.41, 5.74) is 5.23. The standard InChI is InChI=1S/C28H32N6O5/c1-15-12-34(13-15)28(39)29-11-23(27(37)38)31-25(35)24-16(2)8-20-14-33(7-6-21(20)17(24)3)26(36)18-4-5-19-10-30-32-22(19)9-18/h4-5,8-10,15,23H,6-7,11-14H2,1-3H3,(H,29,39)(H,30,32)(H,31,35)(H,37,38)/t23-/m0/s1. The van der Waals surface area contributed by atoms with Crippen molar-refractivity contribution in [2.45, 2.75) is 39.8 Å². The lowest BCUT2D eigenvalue weighted by Gasteiger charge is -2.37. The molecule has 2 aliphatic heterocycles. The Morgan fingerprint density at radius 2 is 1.92 bits per heavy atom. The third kappa shape index (κ3) is 5.16. The molecule has 4 amide bonds. The second-order valence-electron chi connectivity index (χ2n) is 10.5. The van der Waals surface area contributed by atoms with Crippen LogP contribution in [0.1, 0.15) is 49.9 Å². The lowest BCUT2D eigenvalue weighted by molar-refractivity contribution is -0.139. The predicted molar refractivity (Wildman–Crippen MR) is 143 cm³/mol. The number of benzene rings is 2. The fourth-order valence-corrected chi connectivity index (χ4v) is 5.50. The Bertz CT molecular complexity index is 1470. The van der Waals surface area contributed by atoms with Crippen LogP contribution >= 0.6 is 0 Å². The fraction of sp³-hybridized carbons (Fsp3) is 0.393. The Morgan fingerprint density at radius 1 is 1.15 bits per heavy atom. The molecule has 3 aromatic rings. The van der Waals surface area contributed by atoms with Crippen LogP contribution in [0.25, 0.3) is 10.9 Å². The number of carbonyl (C=O) groups is 4. The van der Waals surface area contributed by atoms with E-state index >= 15 is 0 Å². The third-order valence-electron chi connectivity index (χ3n) is 7.61. The molecule has 0 unspecified atom stereocenters. The summed E-state index contributed by atoms with van der Waals surface area (Å²) in [4.78, 5) is 53.9. The van der Waals surface area contributed by atoms with Gasteiger partial charge in [-0.1, -0.05) is 19.1 Å². The van der Waals surface area contributed by atoms with E-state index < -0.39 is 17.9 Å². The summed E-state index contributed by atoms with van der Waals surface area (Å²) in [5.74, 6) is -1.37. The number of nitrogens with zero attached hydrogens (tertiary/aromatic N) is 3. The molecule has 1 saturated heterocycles. The minimum Gasteiger partial charge on any atom is -0.480 e. The molecule has 1 aromatic heterocycles. The Kier molecular flexibility index (Phi) is 6.98. The Balaban J connectivity index is 1.28. The normalized spacial score (nSPS) is 15.9. The Hall–Kier alpha value is -4.41. The van der Waals surface area contributed by atoms with Crippen LogP contribution in [0.4, 0.5) is 4.79 Å². The number of aromatic amines is 1. The lowest BCUT2D eigenvalue weighted by atomic mass is 9.88. The molecule has 11 heteroatoms. The van der Waals surface area contributed by atoms with Crippen molar-refractivity contribution in [3.8, 4) is 0 Å². The smallest absolute Gasteiger partial charge is 0.328 e. The number of H-pyrrole nitrogens is 1. The molecule has 1 fully saturated rings. The van der Waals surface area contributed by atoms with Crippen LogP contribution in [0.3, 0.4) is 0 Å². The number of hydrogen-bond donors (Lipinski definition) is 4. The van der Waals surface area contributed by atoms with E-state index in [1.54, 1.807) is 35.1 Å². The first-order chi connectivity index (χ1) is 18.6. The first kappa shape index (κ1) is 26.2. The molecule has 1 atom stereocenters. The third-order valence-corrected chi connectivity index (χ3v) is 7.61. The van der Waals surface area contributed by atoms with Gasteiger partial charge < -0.3 is 25.5 Å². The highest BCUT2D eigenvalue weighted by atomic mass is 16.4. The molecule has 11 nitrogen and oxygen atoms in total. The van der Waals surface area contributed by atoms with Crippen molar-refractivity contribution >= 4 is 34.7 Å². The van der Waals surface area contributed by atoms with E-state index in [1.165, 1.54) is 0 Å². The van der Waals surface area contributed by atoms with Crippen LogP contribution in [-0.4, -0.2) is 81.1 Å². The maximum atomic E-state index is 13.2. The first-order valence-electron chi connectivity index (χ1n) is 13.0. The van der Waals surface area contributed by atoms with Crippen LogP contribution in [0, 0.1) is 19.8 Å². The molecule has 0 bridgehead atoms. The molecule has 0 saturated carbocycles. The van der Waals surface area contributed by atoms with Gasteiger partial charge >= 0.3 is 12.0 Å². The summed E-state index contributed by atoms with van der Waals surface area (Å²) in [6.45, 7) is 7.65. The van der Waals surface area contributed by atoms with Gasteiger partial charge in [0.2, 0.25) is 0 Å². The maximum absolute atomic E-state index is 13.2. The molecule has 0 aliphatic carbocycles. The van der Waals surface area contributed by atoms with Crippen LogP contribution in [0.2, 0.25) is 0 Å². The maximum Gasteiger partial charge on any atom is 0.328 e. The average Bonchev–Trinajstić information content (AvgIpc) is 3.36. The molecule has 2 aromatic carbocycles. The minimum atomic E-state index is -1.27. The number of rotatable bonds is 6. The second-order valence-corrected chi connectivity index (χ2v) is 10.5. The number of aryl methyl sites for hydroxylation is 1. The van der Waals surface area contributed by atoms with Crippen LogP contribution < -0.4 is 10.6 Å². The molecule has 3 heterocycles. The number of nitrogens with one attached hydrogen (secondary N) is 3. The molecule has 0 radical (unpaired) electrons. The van der Waals surface area contributed by atoms with Crippen molar-refractivity contribution in [1.82, 2.24) is 30.6 Å². The van der Waals surface area contributed by atoms with Gasteiger partial charge in [-0.2, -0.15) is 5.10 Å². The van der Waals surface area contributed by atoms with Crippen molar-refractivity contribution in [2.75, 3.05) is 26.2 Å². The van der Waals surface area contributed by atoms with Crippen LogP contribution in [-0.2, 0) is 17.8 Å². The van der Waals surface area contributed by atoms with Gasteiger partial charge in [0.1, 0.15) is 6.04 Å². The van der Waals surface area contributed by atoms with E-state index in [0.717, 1.165) is 27.6 Å². The van der Waals surface area contributed by atoms with Gasteiger partial charge in [-0.15, -0.1) is 0 Å². The summed E-state index contributed by atoms with van der Waals surface area (Å²) < 4.78 is 0. The van der Waals surface area contributed by atoms with Crippen molar-refractivity contribution in [3.05, 3.63) is 63.8 Å². The second kappa shape index (κ2) is 10.4. The van der Waals surface area contributed by atoms with E-state index in [0.29, 0.717) is 55.2 Å². The Morgan fingerprint density at radius 3 is 2.64 bits per heavy atom. The van der Waals surface area contributed by atoms with E-state index in [9.17, 15) is 24.3 Å². The number of hydrogen-bond acceptors (Lipinski definition) is 5. The zero-order valence-corrected chi connectivity index (χ0v) is 22.2. The summed E-state index contributed by atoms with van der Waals surface area (Å²) in [7, 11) is 0. The number of aromatic nitrogens is 2. The number of urea groups is 1. The number of amides is 4. The molecule has 4 N–H and O–H groups in total. The fourth-order valence-electron chi connectivity index (χ4n) is 5.50. The zero-order chi connectivity index (χ0) is 27.8. The quantitative estimate of drug-likeness (QED) is 0.383. The largest absolute Gasteiger partial charge is 0.480 e. The molecule has 204 valence electrons. The minimum absolute atomic E-state index is 0.0756. The molecule has 2 aliphatic rings. The highest BCUT2D eigenvalue weighted by Crippen LogP contribution is 2.29. The van der Waals surface area contributed by atoms with Gasteiger partial charge in [-0.25, -0.2) is 9.59 Å². The molecule has 0 spiro atoms. The highest BCUT2D eigenvalue weighted by molar-refractivity contribution is 6.00. The molecule has 5 rings (SSSR count). The summed E-state index contributed by atoms with van der Waals surface area (Å²) in [6, 6.07) is 5.76. The van der Waals surface area contributed by atoms with Gasteiger partial charge in [0, 0.05) is 42.7 Å². The number of carbonyl (C=O) groups excluding carboxylic acids is 3. The monoisotopic (exact) mass is 532 g/mol. The number of carboxylic acid groups (broad SMARTS) is 1. The summed E-state index contributed by atoms with van der Waals surface area (Å²) >= 11 is 0. The van der Waals surface area contributed by atoms with Gasteiger partial charge in [0.15, 0.2) is 0 Å². The molecule has 39 heavy (non-hydrogen) atoms. The predicted octanol–water partition coefficient (Wildman–Crippen LogP) is 2.22. The van der Waals surface area contributed by atoms with Crippen molar-refractivity contribution in [1.29, 1.82) is 0 Å². The number of carboxylic acids is 1. The van der Waals surface area contributed by atoms with E-state index in [4.69, 9.17) is 0 Å². The highest BCUT2D eigenvalue weighted by Gasteiger charge is 2.30. The van der Waals surface area contributed by atoms with Crippen molar-refractivity contribution in [2.24, 2.45) is 5.92 Å². The zero-order valence-electron chi connectivity index (χ0n) is 22.2. The Labute approximate surface area is 225 Å². The number of fused-ring (bicyclic) bond motifs is 2. The molecular formula is C28H32N6O5. The first-order valence-corrected chi connectivity index (χ1v) is 13.0. The molecular weight excluding hydrogens is 500 g/mol. The number of likely N-dealkylation sites (tertiary alicyclic amines) is 1. The van der Waals surface area contributed by atoms with Gasteiger partial charge in [-0.05, 0) is 60.6 Å². The van der Waals surface area contributed by atoms with Crippen LogP contribution in [0.15, 0.2) is 30.5 Å². The SMILES string of the molecule is Cc1cc2c(c(C)c1C(=O)N[C@@H](CNC(=O)N1CC(C)C1)C(=O)O)CCN(C(=O)c1ccc3cn[nH]c3c1)C2. The summed E-state index contributed by atoms with van der Waals surface area (Å²) in [6.07, 6.45) is 2.29. The average molecular weight is 533 g/mol. The van der Waals surface area contributed by atoms with E-state index in [1.807, 2.05) is 26.0 Å². The van der Waals surface area contributed by atoms with Gasteiger partial charge in [-0.3, -0.25) is 14.7 Å². The summed E-state index contributed by atoms with van der Waals surface area (Å²) in [5, 5.41) is 22.7. The van der Waals surface area contributed by atoms with Crippen LogP contribution in [0.5, 0.6) is 0 Å². The van der Waals surface area contributed by atoms with E-state index in [-0.39, 0.29) is 18.5 Å². The van der Waals surface area contributed by atoms with Gasteiger partial charge in [0.25, 0.3) is 11.8 Å². The van der Waals surface area contributed by atoms with E-state index in [2.05, 4.69) is 20.8 Å².